The topological polar surface area (TPSA) is 88.9 Å². The SMILES string of the molecule is CCn1c(SCC(=O)Nc2ccc(Br)cc2F)nnc1[C@H](C)NC(=O)c1ccc(Cl)cc1. The van der Waals surface area contributed by atoms with Gasteiger partial charge in [-0.2, -0.15) is 0 Å². The van der Waals surface area contributed by atoms with Gasteiger partial charge in [0.05, 0.1) is 17.5 Å². The van der Waals surface area contributed by atoms with Gasteiger partial charge in [-0.3, -0.25) is 9.59 Å². The van der Waals surface area contributed by atoms with Crippen LogP contribution in [0.1, 0.15) is 36.1 Å². The molecule has 0 saturated carbocycles. The van der Waals surface area contributed by atoms with Crippen molar-refractivity contribution in [3.05, 3.63) is 69.2 Å². The molecule has 1 heterocycles. The summed E-state index contributed by atoms with van der Waals surface area (Å²) in [5.41, 5.74) is 0.588. The Hall–Kier alpha value is -2.43. The molecule has 1 atom stereocenters. The average molecular weight is 541 g/mol. The second-order valence-electron chi connectivity index (χ2n) is 6.75. The smallest absolute Gasteiger partial charge is 0.251 e. The molecule has 3 rings (SSSR count). The van der Waals surface area contributed by atoms with Gasteiger partial charge < -0.3 is 15.2 Å². The number of amides is 2. The summed E-state index contributed by atoms with van der Waals surface area (Å²) in [6, 6.07) is 10.6. The van der Waals surface area contributed by atoms with Crippen LogP contribution in [0.2, 0.25) is 5.02 Å². The number of halogens is 3. The van der Waals surface area contributed by atoms with Crippen LogP contribution in [0.4, 0.5) is 10.1 Å². The zero-order valence-electron chi connectivity index (χ0n) is 17.2. The highest BCUT2D eigenvalue weighted by atomic mass is 79.9. The molecule has 0 saturated heterocycles. The van der Waals surface area contributed by atoms with Crippen LogP contribution < -0.4 is 10.6 Å². The highest BCUT2D eigenvalue weighted by Crippen LogP contribution is 2.23. The molecule has 32 heavy (non-hydrogen) atoms. The minimum Gasteiger partial charge on any atom is -0.342 e. The maximum absolute atomic E-state index is 13.9. The number of aromatic nitrogens is 3. The standard InChI is InChI=1S/C21H20BrClFN5O2S/c1-3-29-19(12(2)25-20(31)13-4-7-15(23)8-5-13)27-28-21(29)32-11-18(30)26-17-9-6-14(22)10-16(17)24/h4-10,12H,3,11H2,1-2H3,(H,25,31)(H,26,30)/t12-/m0/s1. The second kappa shape index (κ2) is 10.9. The first-order chi connectivity index (χ1) is 15.3. The molecule has 2 aromatic carbocycles. The number of rotatable bonds is 8. The Morgan fingerprint density at radius 2 is 1.94 bits per heavy atom. The van der Waals surface area contributed by atoms with E-state index in [9.17, 15) is 14.0 Å². The van der Waals surface area contributed by atoms with Crippen LogP contribution in [0.3, 0.4) is 0 Å². The van der Waals surface area contributed by atoms with Crippen molar-refractivity contribution in [3.63, 3.8) is 0 Å². The summed E-state index contributed by atoms with van der Waals surface area (Å²) in [5.74, 6) is -0.560. The Bertz CT molecular complexity index is 1130. The average Bonchev–Trinajstić information content (AvgIpc) is 3.17. The predicted molar refractivity (Wildman–Crippen MR) is 126 cm³/mol. The van der Waals surface area contributed by atoms with Crippen molar-refractivity contribution in [2.45, 2.75) is 31.6 Å². The molecule has 0 spiro atoms. The van der Waals surface area contributed by atoms with Gasteiger partial charge in [0, 0.05) is 21.6 Å². The summed E-state index contributed by atoms with van der Waals surface area (Å²) >= 11 is 10.2. The number of benzene rings is 2. The monoisotopic (exact) mass is 539 g/mol. The fourth-order valence-corrected chi connectivity index (χ4v) is 4.15. The molecule has 0 fully saturated rings. The van der Waals surface area contributed by atoms with Crippen LogP contribution in [0.5, 0.6) is 0 Å². The minimum absolute atomic E-state index is 0.0269. The number of carbonyl (C=O) groups excluding carboxylic acids is 2. The summed E-state index contributed by atoms with van der Waals surface area (Å²) in [7, 11) is 0. The van der Waals surface area contributed by atoms with Gasteiger partial charge in [-0.1, -0.05) is 39.3 Å². The van der Waals surface area contributed by atoms with E-state index < -0.39 is 11.9 Å². The molecule has 0 radical (unpaired) electrons. The lowest BCUT2D eigenvalue weighted by Crippen LogP contribution is -2.28. The van der Waals surface area contributed by atoms with Crippen LogP contribution in [0.15, 0.2) is 52.1 Å². The summed E-state index contributed by atoms with van der Waals surface area (Å²) in [4.78, 5) is 24.7. The zero-order valence-corrected chi connectivity index (χ0v) is 20.4. The van der Waals surface area contributed by atoms with Gasteiger partial charge >= 0.3 is 0 Å². The predicted octanol–water partition coefficient (Wildman–Crippen LogP) is 5.07. The lowest BCUT2D eigenvalue weighted by Gasteiger charge is -2.15. The van der Waals surface area contributed by atoms with Gasteiger partial charge in [-0.15, -0.1) is 10.2 Å². The first kappa shape index (κ1) is 24.2. The number of carbonyl (C=O) groups is 2. The van der Waals surface area contributed by atoms with Gasteiger partial charge in [0.15, 0.2) is 11.0 Å². The van der Waals surface area contributed by atoms with E-state index in [1.165, 1.54) is 23.9 Å². The molecule has 2 N–H and O–H groups in total. The molecular weight excluding hydrogens is 521 g/mol. The fraction of sp³-hybridized carbons (Fsp3) is 0.238. The summed E-state index contributed by atoms with van der Waals surface area (Å²) in [6.07, 6.45) is 0. The van der Waals surface area contributed by atoms with Crippen molar-refractivity contribution in [1.29, 1.82) is 0 Å². The number of nitrogens with zero attached hydrogens (tertiary/aromatic N) is 3. The van der Waals surface area contributed by atoms with Gasteiger partial charge in [0.2, 0.25) is 5.91 Å². The number of hydrogen-bond donors (Lipinski definition) is 2. The molecule has 1 aromatic heterocycles. The van der Waals surface area contributed by atoms with Crippen molar-refractivity contribution in [2.75, 3.05) is 11.1 Å². The van der Waals surface area contributed by atoms with Crippen molar-refractivity contribution in [3.8, 4) is 0 Å². The van der Waals surface area contributed by atoms with Crippen LogP contribution >= 0.6 is 39.3 Å². The largest absolute Gasteiger partial charge is 0.342 e. The minimum atomic E-state index is -0.526. The van der Waals surface area contributed by atoms with E-state index in [4.69, 9.17) is 11.6 Å². The highest BCUT2D eigenvalue weighted by Gasteiger charge is 2.20. The Labute approximate surface area is 202 Å². The molecule has 0 unspecified atom stereocenters. The highest BCUT2D eigenvalue weighted by molar-refractivity contribution is 9.10. The van der Waals surface area contributed by atoms with E-state index in [2.05, 4.69) is 36.8 Å². The van der Waals surface area contributed by atoms with Gasteiger partial charge in [0.25, 0.3) is 5.91 Å². The van der Waals surface area contributed by atoms with E-state index >= 15 is 0 Å². The van der Waals surface area contributed by atoms with Gasteiger partial charge in [0.1, 0.15) is 5.82 Å². The zero-order chi connectivity index (χ0) is 23.3. The number of hydrogen-bond acceptors (Lipinski definition) is 5. The van der Waals surface area contributed by atoms with Crippen molar-refractivity contribution >= 4 is 56.8 Å². The molecule has 3 aromatic rings. The number of nitrogens with one attached hydrogen (secondary N) is 2. The van der Waals surface area contributed by atoms with Crippen molar-refractivity contribution in [1.82, 2.24) is 20.1 Å². The van der Waals surface area contributed by atoms with Crippen LogP contribution in [-0.4, -0.2) is 32.3 Å². The van der Waals surface area contributed by atoms with E-state index in [1.807, 2.05) is 18.4 Å². The van der Waals surface area contributed by atoms with E-state index in [0.29, 0.717) is 32.6 Å². The van der Waals surface area contributed by atoms with E-state index in [-0.39, 0.29) is 23.3 Å². The number of thioether (sulfide) groups is 1. The Morgan fingerprint density at radius 1 is 1.22 bits per heavy atom. The van der Waals surface area contributed by atoms with Crippen LogP contribution in [0, 0.1) is 5.82 Å². The third-order valence-electron chi connectivity index (χ3n) is 4.44. The number of anilines is 1. The lowest BCUT2D eigenvalue weighted by atomic mass is 10.2. The molecule has 7 nitrogen and oxygen atoms in total. The molecule has 11 heteroatoms. The molecule has 0 aliphatic heterocycles. The fourth-order valence-electron chi connectivity index (χ4n) is 2.88. The Balaban J connectivity index is 1.62. The quantitative estimate of drug-likeness (QED) is 0.389. The van der Waals surface area contributed by atoms with Gasteiger partial charge in [-0.25, -0.2) is 4.39 Å². The summed E-state index contributed by atoms with van der Waals surface area (Å²) in [5, 5.41) is 14.9. The van der Waals surface area contributed by atoms with Crippen molar-refractivity contribution in [2.24, 2.45) is 0 Å². The maximum atomic E-state index is 13.9. The van der Waals surface area contributed by atoms with Gasteiger partial charge in [-0.05, 0) is 56.3 Å². The molecule has 0 aliphatic carbocycles. The first-order valence-corrected chi connectivity index (χ1v) is 11.8. The first-order valence-electron chi connectivity index (χ1n) is 9.65. The lowest BCUT2D eigenvalue weighted by molar-refractivity contribution is -0.113. The Kier molecular flexibility index (Phi) is 8.27. The van der Waals surface area contributed by atoms with Crippen LogP contribution in [-0.2, 0) is 11.3 Å². The Morgan fingerprint density at radius 3 is 2.59 bits per heavy atom. The maximum Gasteiger partial charge on any atom is 0.251 e. The van der Waals surface area contributed by atoms with E-state index in [1.54, 1.807) is 30.3 Å². The van der Waals surface area contributed by atoms with Crippen molar-refractivity contribution < 1.29 is 14.0 Å². The molecule has 2 amide bonds. The summed E-state index contributed by atoms with van der Waals surface area (Å²) < 4.78 is 16.3. The normalized spacial score (nSPS) is 11.8. The van der Waals surface area contributed by atoms with Crippen LogP contribution in [0.25, 0.3) is 0 Å². The summed E-state index contributed by atoms with van der Waals surface area (Å²) in [6.45, 7) is 4.28. The third-order valence-corrected chi connectivity index (χ3v) is 6.15. The molecule has 168 valence electrons. The van der Waals surface area contributed by atoms with E-state index in [0.717, 1.165) is 0 Å². The second-order valence-corrected chi connectivity index (χ2v) is 9.04. The third kappa shape index (κ3) is 6.08. The molecule has 0 aliphatic rings. The molecule has 0 bridgehead atoms. The molecular formula is C21H20BrClFN5O2S.